The largest absolute Gasteiger partial charge is 0.349 e. The van der Waals surface area contributed by atoms with E-state index in [0.29, 0.717) is 10.0 Å². The Bertz CT molecular complexity index is 377. The van der Waals surface area contributed by atoms with Gasteiger partial charge < -0.3 is 9.47 Å². The van der Waals surface area contributed by atoms with Gasteiger partial charge in [0.25, 0.3) is 0 Å². The zero-order valence-corrected chi connectivity index (χ0v) is 10.6. The molecule has 0 heterocycles. The minimum absolute atomic E-state index is 0.144. The second-order valence-corrected chi connectivity index (χ2v) is 4.05. The summed E-state index contributed by atoms with van der Waals surface area (Å²) >= 11 is 3.06. The zero-order chi connectivity index (χ0) is 12.1. The summed E-state index contributed by atoms with van der Waals surface area (Å²) in [4.78, 5) is 11.6. The van der Waals surface area contributed by atoms with Gasteiger partial charge in [0.05, 0.1) is 4.47 Å². The molecule has 0 saturated carbocycles. The maximum absolute atomic E-state index is 12.9. The van der Waals surface area contributed by atoms with Crippen LogP contribution in [0.1, 0.15) is 5.56 Å². The van der Waals surface area contributed by atoms with Crippen LogP contribution in [0, 0.1) is 5.82 Å². The molecule has 0 spiro atoms. The van der Waals surface area contributed by atoms with Gasteiger partial charge in [0.1, 0.15) is 5.82 Å². The molecule has 0 fully saturated rings. The Morgan fingerprint density at radius 2 is 2.06 bits per heavy atom. The van der Waals surface area contributed by atoms with Gasteiger partial charge >= 0.3 is 0 Å². The predicted octanol–water partition coefficient (Wildman–Crippen LogP) is 2.32. The number of Topliss-reactive ketones (excluding diaryl/α,β-unsaturated/α-hetero) is 1. The summed E-state index contributed by atoms with van der Waals surface area (Å²) in [6, 6.07) is 4.43. The first kappa shape index (κ1) is 13.3. The maximum Gasteiger partial charge on any atom is 0.217 e. The number of ketones is 1. The number of hydrogen-bond acceptors (Lipinski definition) is 3. The van der Waals surface area contributed by atoms with Crippen molar-refractivity contribution in [2.45, 2.75) is 12.7 Å². The van der Waals surface area contributed by atoms with Crippen LogP contribution in [0.15, 0.2) is 22.7 Å². The number of rotatable bonds is 5. The van der Waals surface area contributed by atoms with E-state index in [1.54, 1.807) is 12.1 Å². The first-order valence-electron chi connectivity index (χ1n) is 4.60. The van der Waals surface area contributed by atoms with Gasteiger partial charge in [-0.3, -0.25) is 4.79 Å². The fraction of sp³-hybridized carbons (Fsp3) is 0.364. The van der Waals surface area contributed by atoms with E-state index in [2.05, 4.69) is 15.9 Å². The molecule has 16 heavy (non-hydrogen) atoms. The Kier molecular flexibility index (Phi) is 5.05. The highest BCUT2D eigenvalue weighted by Gasteiger charge is 2.17. The van der Waals surface area contributed by atoms with Gasteiger partial charge in [-0.1, -0.05) is 6.07 Å². The van der Waals surface area contributed by atoms with Gasteiger partial charge in [-0.15, -0.1) is 0 Å². The Balaban J connectivity index is 2.73. The molecule has 0 atom stereocenters. The lowest BCUT2D eigenvalue weighted by Crippen LogP contribution is -2.26. The van der Waals surface area contributed by atoms with Crippen LogP contribution in [0.3, 0.4) is 0 Å². The number of hydrogen-bond donors (Lipinski definition) is 0. The monoisotopic (exact) mass is 290 g/mol. The molecule has 1 aromatic carbocycles. The Morgan fingerprint density at radius 1 is 1.44 bits per heavy atom. The molecular weight excluding hydrogens is 279 g/mol. The molecule has 0 saturated heterocycles. The molecule has 3 nitrogen and oxygen atoms in total. The van der Waals surface area contributed by atoms with E-state index in [1.165, 1.54) is 20.3 Å². The molecule has 0 unspecified atom stereocenters. The highest BCUT2D eigenvalue weighted by Crippen LogP contribution is 2.17. The van der Waals surface area contributed by atoms with Crippen LogP contribution in [0.2, 0.25) is 0 Å². The minimum atomic E-state index is -0.871. The molecule has 0 radical (unpaired) electrons. The number of carbonyl (C=O) groups excluding carboxylic acids is 1. The fourth-order valence-corrected chi connectivity index (χ4v) is 1.72. The molecular formula is C11H12BrFO3. The van der Waals surface area contributed by atoms with Crippen molar-refractivity contribution in [3.8, 4) is 0 Å². The normalized spacial score (nSPS) is 10.8. The van der Waals surface area contributed by atoms with Gasteiger partial charge in [-0.05, 0) is 33.6 Å². The minimum Gasteiger partial charge on any atom is -0.349 e. The third-order valence-electron chi connectivity index (χ3n) is 2.05. The van der Waals surface area contributed by atoms with Crippen molar-refractivity contribution in [1.29, 1.82) is 0 Å². The van der Waals surface area contributed by atoms with Crippen molar-refractivity contribution in [1.82, 2.24) is 0 Å². The summed E-state index contributed by atoms with van der Waals surface area (Å²) in [5.74, 6) is -0.560. The van der Waals surface area contributed by atoms with Gasteiger partial charge in [0.15, 0.2) is 5.78 Å². The van der Waals surface area contributed by atoms with E-state index in [4.69, 9.17) is 9.47 Å². The SMILES string of the molecule is COC(OC)C(=O)Cc1ccc(F)c(Br)c1. The van der Waals surface area contributed by atoms with E-state index < -0.39 is 6.29 Å². The van der Waals surface area contributed by atoms with E-state index in [1.807, 2.05) is 0 Å². The van der Waals surface area contributed by atoms with Gasteiger partial charge in [0.2, 0.25) is 6.29 Å². The van der Waals surface area contributed by atoms with Crippen LogP contribution in [0.4, 0.5) is 4.39 Å². The lowest BCUT2D eigenvalue weighted by Gasteiger charge is -2.11. The zero-order valence-electron chi connectivity index (χ0n) is 9.00. The molecule has 0 aliphatic carbocycles. The number of benzene rings is 1. The highest BCUT2D eigenvalue weighted by molar-refractivity contribution is 9.10. The highest BCUT2D eigenvalue weighted by atomic mass is 79.9. The molecule has 0 aliphatic heterocycles. The van der Waals surface area contributed by atoms with Crippen molar-refractivity contribution in [3.63, 3.8) is 0 Å². The summed E-state index contributed by atoms with van der Waals surface area (Å²) in [5, 5.41) is 0. The summed E-state index contributed by atoms with van der Waals surface area (Å²) in [6.07, 6.45) is -0.727. The molecule has 0 N–H and O–H groups in total. The van der Waals surface area contributed by atoms with Crippen LogP contribution in [0.5, 0.6) is 0 Å². The summed E-state index contributed by atoms with van der Waals surface area (Å²) in [5.41, 5.74) is 0.706. The second-order valence-electron chi connectivity index (χ2n) is 3.19. The first-order valence-corrected chi connectivity index (χ1v) is 5.40. The smallest absolute Gasteiger partial charge is 0.217 e. The number of carbonyl (C=O) groups is 1. The van der Waals surface area contributed by atoms with E-state index >= 15 is 0 Å². The van der Waals surface area contributed by atoms with Crippen molar-refractivity contribution in [3.05, 3.63) is 34.1 Å². The third-order valence-corrected chi connectivity index (χ3v) is 2.66. The molecule has 0 aromatic heterocycles. The number of ether oxygens (including phenoxy) is 2. The Morgan fingerprint density at radius 3 is 2.56 bits per heavy atom. The average Bonchev–Trinajstić information content (AvgIpc) is 2.25. The van der Waals surface area contributed by atoms with Gasteiger partial charge in [-0.25, -0.2) is 4.39 Å². The van der Waals surface area contributed by atoms with Crippen molar-refractivity contribution in [2.75, 3.05) is 14.2 Å². The third kappa shape index (κ3) is 3.37. The lowest BCUT2D eigenvalue weighted by atomic mass is 10.1. The maximum atomic E-state index is 12.9. The quantitative estimate of drug-likeness (QED) is 0.781. The predicted molar refractivity (Wildman–Crippen MR) is 60.6 cm³/mol. The summed E-state index contributed by atoms with van der Waals surface area (Å²) in [6.45, 7) is 0. The molecule has 1 aromatic rings. The standard InChI is InChI=1S/C11H12BrFO3/c1-15-11(16-2)10(14)6-7-3-4-9(13)8(12)5-7/h3-5,11H,6H2,1-2H3. The van der Waals surface area contributed by atoms with Crippen LogP contribution < -0.4 is 0 Å². The molecule has 0 aliphatic rings. The van der Waals surface area contributed by atoms with E-state index in [-0.39, 0.29) is 18.0 Å². The van der Waals surface area contributed by atoms with Gasteiger partial charge in [-0.2, -0.15) is 0 Å². The van der Waals surface area contributed by atoms with Crippen LogP contribution in [0.25, 0.3) is 0 Å². The summed E-state index contributed by atoms with van der Waals surface area (Å²) < 4.78 is 22.9. The van der Waals surface area contributed by atoms with E-state index in [9.17, 15) is 9.18 Å². The van der Waals surface area contributed by atoms with Crippen molar-refractivity contribution >= 4 is 21.7 Å². The number of halogens is 2. The number of methoxy groups -OCH3 is 2. The molecule has 1 rings (SSSR count). The Hall–Kier alpha value is -0.780. The lowest BCUT2D eigenvalue weighted by molar-refractivity contribution is -0.155. The first-order chi connectivity index (χ1) is 7.58. The fourth-order valence-electron chi connectivity index (χ4n) is 1.29. The van der Waals surface area contributed by atoms with Gasteiger partial charge in [0, 0.05) is 20.6 Å². The molecule has 0 bridgehead atoms. The van der Waals surface area contributed by atoms with E-state index in [0.717, 1.165) is 0 Å². The topological polar surface area (TPSA) is 35.5 Å². The van der Waals surface area contributed by atoms with Crippen LogP contribution in [-0.4, -0.2) is 26.3 Å². The second kappa shape index (κ2) is 6.08. The van der Waals surface area contributed by atoms with Crippen LogP contribution >= 0.6 is 15.9 Å². The molecule has 0 amide bonds. The Labute approximate surface area is 102 Å². The molecule has 5 heteroatoms. The molecule has 88 valence electrons. The average molecular weight is 291 g/mol. The van der Waals surface area contributed by atoms with Crippen LogP contribution in [-0.2, 0) is 20.7 Å². The summed E-state index contributed by atoms with van der Waals surface area (Å²) in [7, 11) is 2.79. The van der Waals surface area contributed by atoms with Crippen molar-refractivity contribution in [2.24, 2.45) is 0 Å². The van der Waals surface area contributed by atoms with Crippen molar-refractivity contribution < 1.29 is 18.7 Å².